The van der Waals surface area contributed by atoms with Gasteiger partial charge in [0.05, 0.1) is 39.0 Å². The Labute approximate surface area is 372 Å². The van der Waals surface area contributed by atoms with Crippen LogP contribution >= 0.6 is 0 Å². The Kier molecular flexibility index (Phi) is 7.63. The summed E-state index contributed by atoms with van der Waals surface area (Å²) < 4.78 is 18.1. The number of aliphatic imine (C=N–C) groups is 2. The van der Waals surface area contributed by atoms with Crippen LogP contribution in [0.4, 0.5) is 0 Å². The van der Waals surface area contributed by atoms with Gasteiger partial charge in [-0.15, -0.1) is 0 Å². The van der Waals surface area contributed by atoms with Crippen LogP contribution in [0.5, 0.6) is 0 Å². The molecule has 0 N–H and O–H groups in total. The van der Waals surface area contributed by atoms with Crippen LogP contribution in [0.2, 0.25) is 0 Å². The Morgan fingerprint density at radius 2 is 1.02 bits per heavy atom. The molecule has 4 aromatic heterocycles. The van der Waals surface area contributed by atoms with Gasteiger partial charge in [-0.05, 0) is 90.0 Å². The Morgan fingerprint density at radius 3 is 1.74 bits per heavy atom. The van der Waals surface area contributed by atoms with E-state index in [9.17, 15) is 0 Å². The molecular weight excluding hydrogens is 797 g/mol. The fourth-order valence-corrected chi connectivity index (χ4v) is 10.5. The zero-order valence-electron chi connectivity index (χ0n) is 35.4. The van der Waals surface area contributed by atoms with E-state index in [4.69, 9.17) is 18.8 Å². The summed E-state index contributed by atoms with van der Waals surface area (Å²) in [6.45, 7) is 2.28. The SMILES string of the molecule is CC1C/C=C(\c2c(-n3c4ccccc4c4cc5ccccc5cc43)ccc3c2oc2ccccc23)N=C(c2ccc3oc4ccccc4c3c2)N=C1n1c2ccccc2c2ccccc21. The average molecular weight is 835 g/mol. The maximum Gasteiger partial charge on any atom is 0.161 e. The van der Waals surface area contributed by atoms with E-state index in [0.29, 0.717) is 12.3 Å². The van der Waals surface area contributed by atoms with Crippen molar-refractivity contribution in [2.75, 3.05) is 0 Å². The Bertz CT molecular complexity index is 4190. The maximum absolute atomic E-state index is 7.01. The average Bonchev–Trinajstić information content (AvgIpc) is 4.10. The summed E-state index contributed by atoms with van der Waals surface area (Å²) in [6, 6.07) is 66.6. The summed E-state index contributed by atoms with van der Waals surface area (Å²) in [5.41, 5.74) is 11.4. The standard InChI is InChI=1S/C59H38N4O2/c1-35-26-29-47(56-51(30-28-44-42-19-7-13-25-54(42)65-57(44)56)62-48-21-9-6-18-41(48)45-32-36-14-2-3-15-37(36)34-52(45)62)60-58(38-27-31-55-46(33-38)43-20-8-12-24-53(43)64-55)61-59(35)63-49-22-10-4-16-39(49)40-17-5-11-23-50(40)63/h2-25,27-35H,26H2,1H3/b47-29+,60-58?,61-59?. The molecule has 14 rings (SSSR count). The summed E-state index contributed by atoms with van der Waals surface area (Å²) in [6.07, 6.45) is 3.00. The number of fused-ring (bicyclic) bond motifs is 13. The van der Waals surface area contributed by atoms with Crippen molar-refractivity contribution in [3.63, 3.8) is 0 Å². The Balaban J connectivity index is 1.09. The lowest BCUT2D eigenvalue weighted by molar-refractivity contribution is 0.667. The largest absolute Gasteiger partial charge is 0.456 e. The minimum Gasteiger partial charge on any atom is -0.456 e. The molecule has 1 aliphatic rings. The summed E-state index contributed by atoms with van der Waals surface area (Å²) in [5, 5.41) is 11.4. The summed E-state index contributed by atoms with van der Waals surface area (Å²) >= 11 is 0. The van der Waals surface area contributed by atoms with Crippen LogP contribution in [0.15, 0.2) is 213 Å². The van der Waals surface area contributed by atoms with Gasteiger partial charge in [0.25, 0.3) is 0 Å². The third kappa shape index (κ3) is 5.34. The van der Waals surface area contributed by atoms with Crippen molar-refractivity contribution in [1.82, 2.24) is 9.13 Å². The third-order valence-corrected chi connectivity index (χ3v) is 13.6. The van der Waals surface area contributed by atoms with Crippen LogP contribution in [0, 0.1) is 5.92 Å². The van der Waals surface area contributed by atoms with E-state index in [1.807, 2.05) is 18.2 Å². The molecule has 0 spiro atoms. The first-order valence-electron chi connectivity index (χ1n) is 22.3. The molecule has 0 aliphatic carbocycles. The van der Waals surface area contributed by atoms with E-state index in [1.54, 1.807) is 0 Å². The number of rotatable bonds is 3. The normalized spacial score (nSPS) is 15.7. The lowest BCUT2D eigenvalue weighted by Gasteiger charge is -2.21. The first kappa shape index (κ1) is 36.0. The topological polar surface area (TPSA) is 60.9 Å². The molecule has 65 heavy (non-hydrogen) atoms. The van der Waals surface area contributed by atoms with Crippen LogP contribution < -0.4 is 0 Å². The molecule has 0 radical (unpaired) electrons. The van der Waals surface area contributed by atoms with Crippen molar-refractivity contribution in [2.45, 2.75) is 13.3 Å². The van der Waals surface area contributed by atoms with Gasteiger partial charge < -0.3 is 13.4 Å². The Hall–Kier alpha value is -8.48. The van der Waals surface area contributed by atoms with Crippen LogP contribution in [-0.4, -0.2) is 20.8 Å². The maximum atomic E-state index is 7.01. The highest BCUT2D eigenvalue weighted by atomic mass is 16.3. The lowest BCUT2D eigenvalue weighted by Crippen LogP contribution is -2.23. The molecule has 1 unspecified atom stereocenters. The summed E-state index contributed by atoms with van der Waals surface area (Å²) in [7, 11) is 0. The number of furan rings is 2. The molecule has 1 atom stereocenters. The fraction of sp³-hybridized carbons (Fsp3) is 0.0508. The van der Waals surface area contributed by atoms with Crippen LogP contribution in [-0.2, 0) is 0 Å². The third-order valence-electron chi connectivity index (χ3n) is 13.6. The first-order chi connectivity index (χ1) is 32.1. The minimum atomic E-state index is -0.00821. The van der Waals surface area contributed by atoms with E-state index < -0.39 is 0 Å². The number of amidine groups is 1. The lowest BCUT2D eigenvalue weighted by atomic mass is 9.99. The predicted molar refractivity (Wildman–Crippen MR) is 270 cm³/mol. The molecular formula is C59H38N4O2. The number of allylic oxidation sites excluding steroid dienone is 1. The van der Waals surface area contributed by atoms with Gasteiger partial charge in [0.2, 0.25) is 0 Å². The van der Waals surface area contributed by atoms with Gasteiger partial charge in [0.15, 0.2) is 5.84 Å². The van der Waals surface area contributed by atoms with Crippen LogP contribution in [0.1, 0.15) is 24.5 Å². The quantitative estimate of drug-likeness (QED) is 0.178. The van der Waals surface area contributed by atoms with Crippen LogP contribution in [0.25, 0.3) is 110 Å². The van der Waals surface area contributed by atoms with E-state index in [1.165, 1.54) is 32.3 Å². The van der Waals surface area contributed by atoms with Crippen molar-refractivity contribution in [1.29, 1.82) is 0 Å². The van der Waals surface area contributed by atoms with Gasteiger partial charge in [-0.1, -0.05) is 128 Å². The number of hydrogen-bond donors (Lipinski definition) is 0. The second-order valence-corrected chi connectivity index (χ2v) is 17.3. The first-order valence-corrected chi connectivity index (χ1v) is 22.3. The minimum absolute atomic E-state index is 0.00821. The number of benzene rings is 9. The van der Waals surface area contributed by atoms with Crippen molar-refractivity contribution in [2.24, 2.45) is 15.9 Å². The number of para-hydroxylation sites is 5. The highest BCUT2D eigenvalue weighted by molar-refractivity contribution is 6.20. The smallest absolute Gasteiger partial charge is 0.161 e. The number of hydrogen-bond acceptors (Lipinski definition) is 4. The molecule has 0 bridgehead atoms. The molecule has 6 nitrogen and oxygen atoms in total. The van der Waals surface area contributed by atoms with Gasteiger partial charge in [-0.25, -0.2) is 9.98 Å². The molecule has 0 saturated carbocycles. The van der Waals surface area contributed by atoms with Gasteiger partial charge in [0, 0.05) is 54.6 Å². The number of aromatic nitrogens is 2. The molecule has 0 amide bonds. The monoisotopic (exact) mass is 834 g/mol. The second-order valence-electron chi connectivity index (χ2n) is 17.3. The number of nitrogens with zero attached hydrogens (tertiary/aromatic N) is 4. The predicted octanol–water partition coefficient (Wildman–Crippen LogP) is 15.6. The van der Waals surface area contributed by atoms with Gasteiger partial charge in [-0.2, -0.15) is 0 Å². The molecule has 1 aliphatic heterocycles. The molecule has 5 heterocycles. The second kappa shape index (κ2) is 13.8. The van der Waals surface area contributed by atoms with Crippen molar-refractivity contribution in [3.8, 4) is 5.69 Å². The van der Waals surface area contributed by atoms with Crippen molar-refractivity contribution < 1.29 is 8.83 Å². The van der Waals surface area contributed by atoms with Gasteiger partial charge in [-0.3, -0.25) is 4.57 Å². The molecule has 6 heteroatoms. The van der Waals surface area contributed by atoms with E-state index in [-0.39, 0.29) is 5.92 Å². The van der Waals surface area contributed by atoms with Gasteiger partial charge in [0.1, 0.15) is 28.2 Å². The summed E-state index contributed by atoms with van der Waals surface area (Å²) in [5.74, 6) is 1.54. The van der Waals surface area contributed by atoms with Crippen LogP contribution in [0.3, 0.4) is 0 Å². The van der Waals surface area contributed by atoms with E-state index in [0.717, 1.165) is 94.3 Å². The molecule has 0 saturated heterocycles. The molecule has 13 aromatic rings. The fourth-order valence-electron chi connectivity index (χ4n) is 10.5. The highest BCUT2D eigenvalue weighted by Crippen LogP contribution is 2.43. The zero-order chi connectivity index (χ0) is 42.8. The molecule has 9 aromatic carbocycles. The summed E-state index contributed by atoms with van der Waals surface area (Å²) in [4.78, 5) is 11.5. The zero-order valence-corrected chi connectivity index (χ0v) is 35.4. The van der Waals surface area contributed by atoms with E-state index >= 15 is 0 Å². The highest BCUT2D eigenvalue weighted by Gasteiger charge is 2.27. The van der Waals surface area contributed by atoms with Gasteiger partial charge >= 0.3 is 0 Å². The molecule has 306 valence electrons. The van der Waals surface area contributed by atoms with Crippen molar-refractivity contribution in [3.05, 3.63) is 205 Å². The molecule has 0 fully saturated rings. The van der Waals surface area contributed by atoms with Crippen molar-refractivity contribution >= 4 is 116 Å². The Morgan fingerprint density at radius 1 is 0.446 bits per heavy atom. The van der Waals surface area contributed by atoms with E-state index in [2.05, 4.69) is 192 Å².